The highest BCUT2D eigenvalue weighted by atomic mass is 32.2. The summed E-state index contributed by atoms with van der Waals surface area (Å²) in [5, 5.41) is 10.9. The summed E-state index contributed by atoms with van der Waals surface area (Å²) in [4.78, 5) is 37.2. The Labute approximate surface area is 200 Å². The largest absolute Gasteiger partial charge is 0.508 e. The third-order valence-corrected chi connectivity index (χ3v) is 9.03. The number of thiazole rings is 1. The van der Waals surface area contributed by atoms with Crippen LogP contribution in [-0.4, -0.2) is 28.2 Å². The summed E-state index contributed by atoms with van der Waals surface area (Å²) < 4.78 is 0. The molecule has 4 atom stereocenters. The van der Waals surface area contributed by atoms with Crippen LogP contribution in [0.15, 0.2) is 70.5 Å². The topological polar surface area (TPSA) is 90.5 Å². The fraction of sp³-hybridized carbons (Fsp3) is 0.320. The zero-order chi connectivity index (χ0) is 23.2. The van der Waals surface area contributed by atoms with Crippen molar-refractivity contribution in [2.45, 2.75) is 36.0 Å². The molecule has 2 N–H and O–H groups in total. The standard InChI is InChI=1S/C11H13NOS2.C8H7NO3.C6H6/c13-11-12-10-8(14-11)4-7-5-1-2-6(3-5)9(7)15-10;10-5-9(6-11)7-1-3-8(12)4-2-7;1-2-4-6-5-3-1/h5-7,9H,1-4H2,(H,12,13);1-6,12H;1-6H/t5-,6+,7+,9-;;/m1../s1. The maximum atomic E-state index is 11.3. The van der Waals surface area contributed by atoms with Crippen LogP contribution < -0.4 is 9.77 Å². The van der Waals surface area contributed by atoms with Crippen LogP contribution in [-0.2, 0) is 16.0 Å². The Hall–Kier alpha value is -2.84. The smallest absolute Gasteiger partial charge is 0.305 e. The van der Waals surface area contributed by atoms with E-state index in [1.807, 2.05) is 48.2 Å². The van der Waals surface area contributed by atoms with E-state index >= 15 is 0 Å². The van der Waals surface area contributed by atoms with Gasteiger partial charge in [0.15, 0.2) is 0 Å². The van der Waals surface area contributed by atoms with Crippen LogP contribution in [0.25, 0.3) is 0 Å². The van der Waals surface area contributed by atoms with E-state index in [1.165, 1.54) is 71.2 Å². The zero-order valence-electron chi connectivity index (χ0n) is 18.0. The summed E-state index contributed by atoms with van der Waals surface area (Å²) in [6.45, 7) is 0. The van der Waals surface area contributed by atoms with Gasteiger partial charge < -0.3 is 10.1 Å². The summed E-state index contributed by atoms with van der Waals surface area (Å²) in [5.74, 6) is 2.89. The lowest BCUT2D eigenvalue weighted by atomic mass is 9.85. The number of benzene rings is 2. The number of amides is 2. The molecule has 2 bridgehead atoms. The lowest BCUT2D eigenvalue weighted by molar-refractivity contribution is -0.113. The molecule has 8 heteroatoms. The van der Waals surface area contributed by atoms with Crippen molar-refractivity contribution < 1.29 is 14.7 Å². The maximum absolute atomic E-state index is 11.3. The molecule has 6 nitrogen and oxygen atoms in total. The molecule has 2 aromatic carbocycles. The van der Waals surface area contributed by atoms with E-state index in [9.17, 15) is 14.4 Å². The first-order valence-corrected chi connectivity index (χ1v) is 12.6. The van der Waals surface area contributed by atoms with Crippen LogP contribution in [0.1, 0.15) is 24.1 Å². The number of carbonyl (C=O) groups excluding carboxylic acids is 2. The number of H-pyrrole nitrogens is 1. The Bertz CT molecular complexity index is 1040. The molecule has 2 amide bonds. The molecule has 0 unspecified atom stereocenters. The number of aromatic nitrogens is 1. The SMILES string of the molecule is O=CN(C=O)c1ccc(O)cc1.O=c1[nH]c2c(s1)C[C@H]1[C@@H]3CC[C@@H](C3)[C@H]1S2.c1ccccc1. The van der Waals surface area contributed by atoms with E-state index in [2.05, 4.69) is 4.98 Å². The summed E-state index contributed by atoms with van der Waals surface area (Å²) >= 11 is 3.40. The molecule has 2 fully saturated rings. The van der Waals surface area contributed by atoms with Crippen molar-refractivity contribution in [3.8, 4) is 5.75 Å². The van der Waals surface area contributed by atoms with E-state index in [-0.39, 0.29) is 10.6 Å². The van der Waals surface area contributed by atoms with Gasteiger partial charge in [0.25, 0.3) is 0 Å². The van der Waals surface area contributed by atoms with Crippen molar-refractivity contribution >= 4 is 41.6 Å². The molecule has 2 aliphatic carbocycles. The van der Waals surface area contributed by atoms with Crippen LogP contribution in [0.2, 0.25) is 0 Å². The van der Waals surface area contributed by atoms with Gasteiger partial charge in [0.2, 0.25) is 12.8 Å². The lowest BCUT2D eigenvalue weighted by Gasteiger charge is -2.33. The Morgan fingerprint density at radius 3 is 2.15 bits per heavy atom. The normalized spacial score (nSPS) is 23.6. The van der Waals surface area contributed by atoms with Crippen LogP contribution in [0.3, 0.4) is 0 Å². The number of aromatic hydroxyl groups is 1. The molecule has 3 aromatic rings. The van der Waals surface area contributed by atoms with Gasteiger partial charge in [-0.25, -0.2) is 0 Å². The first kappa shape index (κ1) is 23.3. The second kappa shape index (κ2) is 10.9. The monoisotopic (exact) mass is 482 g/mol. The highest BCUT2D eigenvalue weighted by molar-refractivity contribution is 8.00. The van der Waals surface area contributed by atoms with Crippen molar-refractivity contribution in [3.05, 3.63) is 75.2 Å². The average Bonchev–Trinajstić information content (AvgIpc) is 3.55. The second-order valence-corrected chi connectivity index (χ2v) is 10.6. The van der Waals surface area contributed by atoms with Gasteiger partial charge in [0.1, 0.15) is 5.75 Å². The van der Waals surface area contributed by atoms with E-state index in [0.717, 1.165) is 27.9 Å². The Balaban J connectivity index is 0.000000129. The number of aromatic amines is 1. The summed E-state index contributed by atoms with van der Waals surface area (Å²) in [7, 11) is 0. The van der Waals surface area contributed by atoms with Crippen molar-refractivity contribution in [1.29, 1.82) is 0 Å². The average molecular weight is 483 g/mol. The molecule has 2 heterocycles. The number of hydrogen-bond donors (Lipinski definition) is 2. The molecular formula is C25H26N2O4S2. The fourth-order valence-electron chi connectivity index (χ4n) is 4.91. The molecule has 1 aromatic heterocycles. The Kier molecular flexibility index (Phi) is 7.67. The molecule has 33 heavy (non-hydrogen) atoms. The van der Waals surface area contributed by atoms with Crippen molar-refractivity contribution in [3.63, 3.8) is 0 Å². The quantitative estimate of drug-likeness (QED) is 0.528. The van der Waals surface area contributed by atoms with Crippen LogP contribution >= 0.6 is 23.1 Å². The van der Waals surface area contributed by atoms with Gasteiger partial charge in [-0.15, -0.1) is 11.8 Å². The maximum Gasteiger partial charge on any atom is 0.305 e. The van der Waals surface area contributed by atoms with Gasteiger partial charge in [-0.3, -0.25) is 19.3 Å². The van der Waals surface area contributed by atoms with Gasteiger partial charge >= 0.3 is 4.87 Å². The van der Waals surface area contributed by atoms with Crippen LogP contribution in [0.4, 0.5) is 5.69 Å². The van der Waals surface area contributed by atoms with Gasteiger partial charge in [0, 0.05) is 10.1 Å². The van der Waals surface area contributed by atoms with Crippen molar-refractivity contribution in [2.24, 2.45) is 17.8 Å². The molecule has 0 spiro atoms. The van der Waals surface area contributed by atoms with E-state index in [1.54, 1.807) is 0 Å². The van der Waals surface area contributed by atoms with Crippen LogP contribution in [0.5, 0.6) is 5.75 Å². The first-order chi connectivity index (χ1) is 16.1. The first-order valence-electron chi connectivity index (χ1n) is 11.0. The number of thioether (sulfide) groups is 1. The Morgan fingerprint density at radius 1 is 0.939 bits per heavy atom. The number of phenols is 1. The van der Waals surface area contributed by atoms with Gasteiger partial charge in [-0.1, -0.05) is 47.7 Å². The minimum Gasteiger partial charge on any atom is -0.508 e. The predicted octanol–water partition coefficient (Wildman–Crippen LogP) is 4.70. The highest BCUT2D eigenvalue weighted by Crippen LogP contribution is 2.58. The fourth-order valence-corrected chi connectivity index (χ4v) is 7.61. The van der Waals surface area contributed by atoms with Crippen LogP contribution in [0, 0.1) is 17.8 Å². The molecular weight excluding hydrogens is 456 g/mol. The van der Waals surface area contributed by atoms with Gasteiger partial charge in [0.05, 0.1) is 10.7 Å². The summed E-state index contributed by atoms with van der Waals surface area (Å²) in [6, 6.07) is 17.7. The van der Waals surface area contributed by atoms with Crippen molar-refractivity contribution in [1.82, 2.24) is 4.98 Å². The number of rotatable bonds is 3. The molecule has 6 rings (SSSR count). The molecule has 2 saturated carbocycles. The molecule has 3 aliphatic rings. The number of carbonyl (C=O) groups is 2. The summed E-state index contributed by atoms with van der Waals surface area (Å²) in [5.41, 5.74) is 0.429. The molecule has 172 valence electrons. The van der Waals surface area contributed by atoms with Gasteiger partial charge in [-0.2, -0.15) is 0 Å². The zero-order valence-corrected chi connectivity index (χ0v) is 19.6. The number of imide groups is 1. The number of fused-ring (bicyclic) bond motifs is 6. The third-order valence-electron chi connectivity index (χ3n) is 6.41. The summed E-state index contributed by atoms with van der Waals surface area (Å²) in [6.07, 6.45) is 6.32. The predicted molar refractivity (Wildman–Crippen MR) is 132 cm³/mol. The van der Waals surface area contributed by atoms with E-state index < -0.39 is 0 Å². The molecule has 1 aliphatic heterocycles. The number of nitrogens with one attached hydrogen (secondary N) is 1. The third kappa shape index (κ3) is 5.57. The number of hydrogen-bond acceptors (Lipinski definition) is 6. The second-order valence-electron chi connectivity index (χ2n) is 8.34. The van der Waals surface area contributed by atoms with Crippen molar-refractivity contribution in [2.75, 3.05) is 4.90 Å². The highest BCUT2D eigenvalue weighted by Gasteiger charge is 2.50. The minimum absolute atomic E-state index is 0.0931. The Morgan fingerprint density at radius 2 is 1.55 bits per heavy atom. The molecule has 0 saturated heterocycles. The number of nitrogens with zero attached hydrogens (tertiary/aromatic N) is 1. The van der Waals surface area contributed by atoms with E-state index in [0.29, 0.717) is 18.5 Å². The minimum atomic E-state index is 0.0931. The van der Waals surface area contributed by atoms with Gasteiger partial charge in [-0.05, 0) is 67.7 Å². The number of phenolic OH excluding ortho intramolecular Hbond substituents is 1. The lowest BCUT2D eigenvalue weighted by Crippen LogP contribution is -2.29. The molecule has 0 radical (unpaired) electrons. The number of anilines is 1. The van der Waals surface area contributed by atoms with E-state index in [4.69, 9.17) is 5.11 Å².